The highest BCUT2D eigenvalue weighted by molar-refractivity contribution is 7.92. The average molecular weight is 522 g/mol. The maximum atomic E-state index is 13.8. The zero-order valence-electron chi connectivity index (χ0n) is 22.3. The van der Waals surface area contributed by atoms with Gasteiger partial charge in [-0.3, -0.25) is 13.9 Å². The molecule has 3 rings (SSSR count). The number of sulfonamides is 1. The predicted molar refractivity (Wildman–Crippen MR) is 147 cm³/mol. The van der Waals surface area contributed by atoms with Crippen LogP contribution in [0.1, 0.15) is 34.7 Å². The number of rotatable bonds is 9. The fraction of sp³-hybridized carbons (Fsp3) is 0.310. The van der Waals surface area contributed by atoms with E-state index < -0.39 is 28.5 Å². The Morgan fingerprint density at radius 1 is 0.865 bits per heavy atom. The summed E-state index contributed by atoms with van der Waals surface area (Å²) in [5.41, 5.74) is 5.09. The van der Waals surface area contributed by atoms with Gasteiger partial charge in [-0.05, 0) is 81.1 Å². The molecule has 0 saturated carbocycles. The summed E-state index contributed by atoms with van der Waals surface area (Å²) >= 11 is 0. The number of hydrogen-bond acceptors (Lipinski definition) is 4. The van der Waals surface area contributed by atoms with Gasteiger partial charge in [0, 0.05) is 13.6 Å². The Hall–Kier alpha value is -3.65. The Kier molecular flexibility index (Phi) is 8.76. The van der Waals surface area contributed by atoms with Crippen molar-refractivity contribution in [1.82, 2.24) is 10.2 Å². The van der Waals surface area contributed by atoms with E-state index in [0.717, 1.165) is 32.1 Å². The molecule has 0 spiro atoms. The standard InChI is InChI=1S/C29H35N3O4S/c1-20-11-15-27(16-12-20)37(35,36)32(26-14-13-21(2)23(4)17-26)19-28(33)31(24(5)29(34)30-6)18-25-10-8-7-9-22(25)3/h7-17,24H,18-19H2,1-6H3,(H,30,34)/t24-/m1/s1. The topological polar surface area (TPSA) is 86.8 Å². The number of anilines is 1. The molecule has 0 unspecified atom stereocenters. The lowest BCUT2D eigenvalue weighted by atomic mass is 10.1. The molecule has 0 bridgehead atoms. The summed E-state index contributed by atoms with van der Waals surface area (Å²) in [6.07, 6.45) is 0. The van der Waals surface area contributed by atoms with Gasteiger partial charge in [0.2, 0.25) is 11.8 Å². The molecule has 196 valence electrons. The fourth-order valence-electron chi connectivity index (χ4n) is 4.01. The van der Waals surface area contributed by atoms with Gasteiger partial charge >= 0.3 is 0 Å². The van der Waals surface area contributed by atoms with Crippen LogP contribution in [0.4, 0.5) is 5.69 Å². The molecule has 0 aromatic heterocycles. The summed E-state index contributed by atoms with van der Waals surface area (Å²) in [6, 6.07) is 18.7. The van der Waals surface area contributed by atoms with Gasteiger partial charge in [0.1, 0.15) is 12.6 Å². The molecule has 1 atom stereocenters. The molecule has 3 aromatic carbocycles. The Balaban J connectivity index is 2.07. The Morgan fingerprint density at radius 3 is 2.11 bits per heavy atom. The second kappa shape index (κ2) is 11.6. The number of nitrogens with one attached hydrogen (secondary N) is 1. The van der Waals surface area contributed by atoms with Crippen LogP contribution in [0, 0.1) is 27.7 Å². The molecule has 0 fully saturated rings. The number of carbonyl (C=O) groups is 2. The van der Waals surface area contributed by atoms with Crippen molar-refractivity contribution in [1.29, 1.82) is 0 Å². The van der Waals surface area contributed by atoms with Crippen LogP contribution in [0.2, 0.25) is 0 Å². The van der Waals surface area contributed by atoms with Gasteiger partial charge in [0.25, 0.3) is 10.0 Å². The Bertz CT molecular complexity index is 1380. The summed E-state index contributed by atoms with van der Waals surface area (Å²) in [6.45, 7) is 9.02. The lowest BCUT2D eigenvalue weighted by Gasteiger charge is -2.32. The molecule has 1 N–H and O–H groups in total. The van der Waals surface area contributed by atoms with Gasteiger partial charge in [0.05, 0.1) is 10.6 Å². The second-order valence-corrected chi connectivity index (χ2v) is 11.2. The van der Waals surface area contributed by atoms with E-state index in [9.17, 15) is 18.0 Å². The van der Waals surface area contributed by atoms with Crippen molar-refractivity contribution in [3.05, 3.63) is 94.5 Å². The van der Waals surface area contributed by atoms with E-state index in [4.69, 9.17) is 0 Å². The van der Waals surface area contributed by atoms with Crippen LogP contribution in [-0.4, -0.2) is 44.8 Å². The minimum Gasteiger partial charge on any atom is -0.357 e. The van der Waals surface area contributed by atoms with E-state index in [1.54, 1.807) is 43.3 Å². The van der Waals surface area contributed by atoms with E-state index in [0.29, 0.717) is 5.69 Å². The van der Waals surface area contributed by atoms with Crippen LogP contribution < -0.4 is 9.62 Å². The molecule has 3 aromatic rings. The van der Waals surface area contributed by atoms with Crippen molar-refractivity contribution in [3.63, 3.8) is 0 Å². The first kappa shape index (κ1) is 27.9. The molecule has 0 saturated heterocycles. The minimum atomic E-state index is -4.08. The highest BCUT2D eigenvalue weighted by Gasteiger charge is 2.32. The van der Waals surface area contributed by atoms with Crippen molar-refractivity contribution in [2.75, 3.05) is 17.9 Å². The maximum Gasteiger partial charge on any atom is 0.264 e. The highest BCUT2D eigenvalue weighted by atomic mass is 32.2. The third-order valence-electron chi connectivity index (χ3n) is 6.68. The number of amides is 2. The number of likely N-dealkylation sites (N-methyl/N-ethyl adjacent to an activating group) is 1. The lowest BCUT2D eigenvalue weighted by molar-refractivity contribution is -0.139. The summed E-state index contributed by atoms with van der Waals surface area (Å²) in [5, 5.41) is 2.60. The van der Waals surface area contributed by atoms with E-state index in [2.05, 4.69) is 5.32 Å². The van der Waals surface area contributed by atoms with Crippen molar-refractivity contribution in [2.24, 2.45) is 0 Å². The molecule has 0 radical (unpaired) electrons. The summed E-state index contributed by atoms with van der Waals surface area (Å²) in [5.74, 6) is -0.811. The quantitative estimate of drug-likeness (QED) is 0.455. The lowest BCUT2D eigenvalue weighted by Crippen LogP contribution is -2.50. The van der Waals surface area contributed by atoms with E-state index in [-0.39, 0.29) is 17.3 Å². The van der Waals surface area contributed by atoms with Crippen LogP contribution in [0.15, 0.2) is 71.6 Å². The van der Waals surface area contributed by atoms with Crippen molar-refractivity contribution < 1.29 is 18.0 Å². The molecule has 37 heavy (non-hydrogen) atoms. The van der Waals surface area contributed by atoms with Gasteiger partial charge in [-0.1, -0.05) is 48.0 Å². The number of benzene rings is 3. The molecule has 8 heteroatoms. The van der Waals surface area contributed by atoms with E-state index in [1.807, 2.05) is 58.0 Å². The first-order chi connectivity index (χ1) is 17.4. The normalized spacial score (nSPS) is 12.1. The zero-order valence-corrected chi connectivity index (χ0v) is 23.1. The summed E-state index contributed by atoms with van der Waals surface area (Å²) < 4.78 is 28.8. The maximum absolute atomic E-state index is 13.8. The van der Waals surface area contributed by atoms with Gasteiger partial charge in [-0.15, -0.1) is 0 Å². The first-order valence-corrected chi connectivity index (χ1v) is 13.6. The SMILES string of the molecule is CNC(=O)[C@@H](C)N(Cc1ccccc1C)C(=O)CN(c1ccc(C)c(C)c1)S(=O)(=O)c1ccc(C)cc1. The van der Waals surface area contributed by atoms with Crippen LogP contribution >= 0.6 is 0 Å². The van der Waals surface area contributed by atoms with Gasteiger partial charge in [-0.25, -0.2) is 8.42 Å². The second-order valence-electron chi connectivity index (χ2n) is 9.33. The minimum absolute atomic E-state index is 0.0916. The molecule has 0 heterocycles. The number of nitrogens with zero attached hydrogens (tertiary/aromatic N) is 2. The molecule has 7 nitrogen and oxygen atoms in total. The fourth-order valence-corrected chi connectivity index (χ4v) is 5.42. The third kappa shape index (κ3) is 6.38. The molecule has 2 amide bonds. The van der Waals surface area contributed by atoms with Gasteiger partial charge < -0.3 is 10.2 Å². The van der Waals surface area contributed by atoms with Crippen molar-refractivity contribution >= 4 is 27.5 Å². The van der Waals surface area contributed by atoms with Crippen LogP contribution in [-0.2, 0) is 26.2 Å². The van der Waals surface area contributed by atoms with Crippen LogP contribution in [0.25, 0.3) is 0 Å². The predicted octanol–water partition coefficient (Wildman–Crippen LogP) is 4.28. The van der Waals surface area contributed by atoms with Crippen LogP contribution in [0.5, 0.6) is 0 Å². The Labute approximate surface area is 220 Å². The monoisotopic (exact) mass is 521 g/mol. The summed E-state index contributed by atoms with van der Waals surface area (Å²) in [7, 11) is -2.56. The van der Waals surface area contributed by atoms with Gasteiger partial charge in [-0.2, -0.15) is 0 Å². The molecular formula is C29H35N3O4S. The number of carbonyl (C=O) groups excluding carboxylic acids is 2. The third-order valence-corrected chi connectivity index (χ3v) is 8.47. The molecule has 0 aliphatic heterocycles. The number of aryl methyl sites for hydroxylation is 4. The molecule has 0 aliphatic carbocycles. The summed E-state index contributed by atoms with van der Waals surface area (Å²) in [4.78, 5) is 27.9. The highest BCUT2D eigenvalue weighted by Crippen LogP contribution is 2.27. The van der Waals surface area contributed by atoms with Crippen molar-refractivity contribution in [2.45, 2.75) is 52.1 Å². The number of hydrogen-bond donors (Lipinski definition) is 1. The van der Waals surface area contributed by atoms with Gasteiger partial charge in [0.15, 0.2) is 0 Å². The Morgan fingerprint density at radius 2 is 1.51 bits per heavy atom. The smallest absolute Gasteiger partial charge is 0.264 e. The van der Waals surface area contributed by atoms with Crippen LogP contribution in [0.3, 0.4) is 0 Å². The first-order valence-electron chi connectivity index (χ1n) is 12.2. The van der Waals surface area contributed by atoms with E-state index >= 15 is 0 Å². The largest absolute Gasteiger partial charge is 0.357 e. The zero-order chi connectivity index (χ0) is 27.3. The molecule has 0 aliphatic rings. The van der Waals surface area contributed by atoms with E-state index in [1.165, 1.54) is 11.9 Å². The average Bonchev–Trinajstić information content (AvgIpc) is 2.87. The van der Waals surface area contributed by atoms with Crippen molar-refractivity contribution in [3.8, 4) is 0 Å². The molecular weight excluding hydrogens is 486 g/mol.